The van der Waals surface area contributed by atoms with Crippen molar-refractivity contribution in [3.63, 3.8) is 0 Å². The van der Waals surface area contributed by atoms with Gasteiger partial charge in [-0.25, -0.2) is 5.53 Å². The van der Waals surface area contributed by atoms with E-state index in [2.05, 4.69) is 12.0 Å². The molecule has 4 aliphatic carbocycles. The fourth-order valence-corrected chi connectivity index (χ4v) is 9.99. The first kappa shape index (κ1) is 30.2. The summed E-state index contributed by atoms with van der Waals surface area (Å²) in [6.07, 6.45) is 6.87. The first-order chi connectivity index (χ1) is 20.0. The van der Waals surface area contributed by atoms with E-state index in [0.29, 0.717) is 32.1 Å². The normalized spacial score (nSPS) is 49.5. The molecule has 0 radical (unpaired) electrons. The monoisotopic (exact) mass is 586 g/mol. The number of nitrogens with zero attached hydrogens (tertiary/aromatic N) is 1. The summed E-state index contributed by atoms with van der Waals surface area (Å²) >= 11 is 0. The van der Waals surface area contributed by atoms with Crippen LogP contribution < -0.4 is 0 Å². The quantitative estimate of drug-likeness (QED) is 0.361. The van der Waals surface area contributed by atoms with Crippen LogP contribution in [0.3, 0.4) is 0 Å². The van der Waals surface area contributed by atoms with Gasteiger partial charge in [-0.2, -0.15) is 5.11 Å². The lowest BCUT2D eigenvalue weighted by atomic mass is 9.43. The van der Waals surface area contributed by atoms with Crippen molar-refractivity contribution in [3.8, 4) is 0 Å². The second kappa shape index (κ2) is 10.7. The first-order valence-electron chi connectivity index (χ1n) is 15.7. The summed E-state index contributed by atoms with van der Waals surface area (Å²) < 4.78 is 25.2. The molecule has 0 aromatic carbocycles. The lowest BCUT2D eigenvalue weighted by Gasteiger charge is -2.63. The Morgan fingerprint density at radius 1 is 1.24 bits per heavy atom. The molecular formula is C32H46N2O8. The van der Waals surface area contributed by atoms with Crippen LogP contribution in [-0.4, -0.2) is 77.0 Å². The average molecular weight is 587 g/mol. The van der Waals surface area contributed by atoms with E-state index in [-0.39, 0.29) is 49.1 Å². The van der Waals surface area contributed by atoms with Crippen molar-refractivity contribution in [1.82, 2.24) is 0 Å². The Hall–Kier alpha value is -1.82. The molecule has 0 bridgehead atoms. The number of fused-ring (bicyclic) bond motifs is 7. The minimum Gasteiger partial charge on any atom is -0.394 e. The number of hydrogen-bond acceptors (Lipinski definition) is 10. The molecule has 2 aliphatic heterocycles. The summed E-state index contributed by atoms with van der Waals surface area (Å²) in [7, 11) is 0. The van der Waals surface area contributed by atoms with Crippen molar-refractivity contribution in [3.05, 3.63) is 23.8 Å². The van der Waals surface area contributed by atoms with Gasteiger partial charge in [0.15, 0.2) is 29.7 Å². The number of hydrogen-bond donors (Lipinski definition) is 3. The lowest BCUT2D eigenvalue weighted by Crippen LogP contribution is -2.69. The van der Waals surface area contributed by atoms with Crippen molar-refractivity contribution >= 4 is 11.6 Å². The van der Waals surface area contributed by atoms with E-state index < -0.39 is 52.7 Å². The number of rotatable bonds is 8. The minimum absolute atomic E-state index is 0.0571. The van der Waals surface area contributed by atoms with Crippen molar-refractivity contribution in [2.45, 2.75) is 121 Å². The van der Waals surface area contributed by atoms with E-state index in [1.807, 2.05) is 26.8 Å². The number of allylic oxidation sites excluding steroid dienone is 4. The number of Topliss-reactive ketones (excluding diaryl/α,β-unsaturated/α-hetero) is 1. The van der Waals surface area contributed by atoms with Gasteiger partial charge in [-0.3, -0.25) is 9.59 Å². The highest BCUT2D eigenvalue weighted by Gasteiger charge is 2.79. The van der Waals surface area contributed by atoms with E-state index in [9.17, 15) is 19.8 Å². The summed E-state index contributed by atoms with van der Waals surface area (Å²) in [5.74, 6) is -0.698. The van der Waals surface area contributed by atoms with Gasteiger partial charge in [-0.1, -0.05) is 45.8 Å². The molecule has 232 valence electrons. The second-order valence-corrected chi connectivity index (χ2v) is 14.1. The lowest BCUT2D eigenvalue weighted by molar-refractivity contribution is -0.225. The summed E-state index contributed by atoms with van der Waals surface area (Å²) in [5.41, 5.74) is 5.75. The van der Waals surface area contributed by atoms with E-state index in [0.717, 1.165) is 18.4 Å². The molecule has 10 heteroatoms. The molecule has 2 saturated heterocycles. The number of carbonyl (C=O) groups excluding carboxylic acids is 2. The Labute approximate surface area is 247 Å². The van der Waals surface area contributed by atoms with E-state index in [1.54, 1.807) is 12.2 Å². The zero-order valence-corrected chi connectivity index (χ0v) is 25.2. The first-order valence-corrected chi connectivity index (χ1v) is 15.7. The Bertz CT molecular complexity index is 1190. The van der Waals surface area contributed by atoms with E-state index >= 15 is 0 Å². The Morgan fingerprint density at radius 3 is 2.74 bits per heavy atom. The molecule has 3 N–H and O–H groups in total. The SMILES string of the molecule is CCCC1O[C@@H]2CC3[C@]4(N=N)CCC5=CC(=O)C=C[C@]5(C)C4[C@@H](O)C[C@]3(C)[C@]2(C(=O)CO[C@H]2C[C@@H](C)C[C@@H](CO)O2)O1. The molecule has 0 amide bonds. The van der Waals surface area contributed by atoms with Crippen LogP contribution in [0.1, 0.15) is 79.1 Å². The fourth-order valence-electron chi connectivity index (χ4n) is 9.99. The van der Waals surface area contributed by atoms with Crippen LogP contribution >= 0.6 is 0 Å². The molecule has 6 aliphatic rings. The van der Waals surface area contributed by atoms with Gasteiger partial charge in [0.1, 0.15) is 6.61 Å². The maximum absolute atomic E-state index is 14.5. The third kappa shape index (κ3) is 4.19. The van der Waals surface area contributed by atoms with Crippen molar-refractivity contribution < 1.29 is 38.7 Å². The number of aliphatic hydroxyl groups excluding tert-OH is 2. The van der Waals surface area contributed by atoms with Gasteiger partial charge in [0.2, 0.25) is 0 Å². The van der Waals surface area contributed by atoms with Gasteiger partial charge in [-0.05, 0) is 62.5 Å². The van der Waals surface area contributed by atoms with Gasteiger partial charge < -0.3 is 29.2 Å². The predicted molar refractivity (Wildman–Crippen MR) is 150 cm³/mol. The maximum atomic E-state index is 14.5. The molecule has 3 unspecified atom stereocenters. The van der Waals surface area contributed by atoms with Gasteiger partial charge in [0.25, 0.3) is 0 Å². The summed E-state index contributed by atoms with van der Waals surface area (Å²) in [5, 5.41) is 26.0. The van der Waals surface area contributed by atoms with Crippen LogP contribution in [-0.2, 0) is 28.5 Å². The average Bonchev–Trinajstić information content (AvgIpc) is 3.44. The Morgan fingerprint density at radius 2 is 2.02 bits per heavy atom. The smallest absolute Gasteiger partial charge is 0.193 e. The predicted octanol–water partition coefficient (Wildman–Crippen LogP) is 4.03. The van der Waals surface area contributed by atoms with Crippen LogP contribution in [0.4, 0.5) is 0 Å². The maximum Gasteiger partial charge on any atom is 0.193 e. The molecule has 3 saturated carbocycles. The van der Waals surface area contributed by atoms with E-state index in [1.165, 1.54) is 0 Å². The minimum atomic E-state index is -1.37. The molecule has 42 heavy (non-hydrogen) atoms. The van der Waals surface area contributed by atoms with Crippen molar-refractivity contribution in [2.75, 3.05) is 13.2 Å². The highest BCUT2D eigenvalue weighted by Crippen LogP contribution is 2.72. The summed E-state index contributed by atoms with van der Waals surface area (Å²) in [6.45, 7) is 7.83. The zero-order chi connectivity index (χ0) is 30.1. The zero-order valence-electron chi connectivity index (χ0n) is 25.2. The highest BCUT2D eigenvalue weighted by atomic mass is 16.7. The molecule has 0 aromatic rings. The fraction of sp³-hybridized carbons (Fsp3) is 0.812. The van der Waals surface area contributed by atoms with Gasteiger partial charge in [0.05, 0.1) is 30.5 Å². The van der Waals surface area contributed by atoms with Crippen LogP contribution in [0.15, 0.2) is 28.9 Å². The molecule has 10 nitrogen and oxygen atoms in total. The van der Waals surface area contributed by atoms with Gasteiger partial charge in [-0.15, -0.1) is 0 Å². The second-order valence-electron chi connectivity index (χ2n) is 14.1. The number of aliphatic hydroxyl groups is 2. The van der Waals surface area contributed by atoms with Crippen LogP contribution in [0.5, 0.6) is 0 Å². The molecule has 5 fully saturated rings. The molecule has 0 spiro atoms. The van der Waals surface area contributed by atoms with Crippen molar-refractivity contribution in [1.29, 1.82) is 5.53 Å². The van der Waals surface area contributed by atoms with Crippen LogP contribution in [0, 0.1) is 34.1 Å². The third-order valence-corrected chi connectivity index (χ3v) is 11.7. The third-order valence-electron chi connectivity index (χ3n) is 11.7. The topological polar surface area (TPSA) is 148 Å². The summed E-state index contributed by atoms with van der Waals surface area (Å²) in [6, 6.07) is 0. The Balaban J connectivity index is 1.35. The number of carbonyl (C=O) groups is 2. The molecule has 6 rings (SSSR count). The van der Waals surface area contributed by atoms with E-state index in [4.69, 9.17) is 24.5 Å². The number of ketones is 2. The van der Waals surface area contributed by atoms with Gasteiger partial charge in [0, 0.05) is 23.2 Å². The van der Waals surface area contributed by atoms with Crippen LogP contribution in [0.2, 0.25) is 0 Å². The largest absolute Gasteiger partial charge is 0.394 e. The standard InChI is InChI=1S/C32H46N2O8/c1-5-6-26-41-25-14-23-30(4,32(25,42-26)24(38)17-39-27-12-18(2)11-21(16-35)40-27)15-22(37)28-29(3)9-8-20(36)13-19(29)7-10-31(23,28)34-33/h8-9,13,18,21-23,25-28,33,35,37H,5-7,10-12,14-17H2,1-4H3/t18-,21-,22-,23?,25+,26?,27+,28?,29-,30-,31+,32+/m0/s1. The summed E-state index contributed by atoms with van der Waals surface area (Å²) in [4.78, 5) is 26.7. The number of nitrogens with one attached hydrogen (secondary N) is 1. The van der Waals surface area contributed by atoms with Crippen LogP contribution in [0.25, 0.3) is 0 Å². The molecule has 2 heterocycles. The molecular weight excluding hydrogens is 540 g/mol. The Kier molecular flexibility index (Phi) is 7.67. The number of ether oxygens (including phenoxy) is 4. The van der Waals surface area contributed by atoms with Gasteiger partial charge >= 0.3 is 0 Å². The molecule has 0 aromatic heterocycles. The molecule has 12 atom stereocenters. The van der Waals surface area contributed by atoms with Crippen molar-refractivity contribution in [2.24, 2.45) is 33.7 Å². The highest BCUT2D eigenvalue weighted by molar-refractivity contribution is 6.01.